The summed E-state index contributed by atoms with van der Waals surface area (Å²) in [5.74, 6) is 0.835. The van der Waals surface area contributed by atoms with Crippen LogP contribution < -0.4 is 0 Å². The van der Waals surface area contributed by atoms with E-state index in [4.69, 9.17) is 9.47 Å². The lowest BCUT2D eigenvalue weighted by molar-refractivity contribution is -0.194. The van der Waals surface area contributed by atoms with Crippen LogP contribution in [0.2, 0.25) is 0 Å². The number of allylic oxidation sites excluding steroid dienone is 2. The van der Waals surface area contributed by atoms with Crippen molar-refractivity contribution in [1.29, 1.82) is 0 Å². The van der Waals surface area contributed by atoms with Crippen molar-refractivity contribution in [2.45, 2.75) is 78.4 Å². The smallest absolute Gasteiger partial charge is 0.170 e. The second-order valence-corrected chi connectivity index (χ2v) is 6.51. The number of rotatable bonds is 10. The molecule has 1 atom stereocenters. The van der Waals surface area contributed by atoms with Gasteiger partial charge in [0.05, 0.1) is 13.2 Å². The van der Waals surface area contributed by atoms with Crippen LogP contribution in [0.3, 0.4) is 0 Å². The van der Waals surface area contributed by atoms with Gasteiger partial charge >= 0.3 is 0 Å². The maximum absolute atomic E-state index is 5.88. The largest absolute Gasteiger partial charge is 0.347 e. The summed E-state index contributed by atoms with van der Waals surface area (Å²) in [6.45, 7) is 10.5. The highest BCUT2D eigenvalue weighted by atomic mass is 16.7. The summed E-state index contributed by atoms with van der Waals surface area (Å²) in [5, 5.41) is 0. The first-order chi connectivity index (χ1) is 9.60. The van der Waals surface area contributed by atoms with Gasteiger partial charge in [0.25, 0.3) is 0 Å². The first-order valence-electron chi connectivity index (χ1n) is 8.53. The predicted molar refractivity (Wildman–Crippen MR) is 85.8 cm³/mol. The zero-order valence-corrected chi connectivity index (χ0v) is 14.0. The van der Waals surface area contributed by atoms with Crippen LogP contribution in [0.4, 0.5) is 0 Å². The molecule has 1 aliphatic rings. The van der Waals surface area contributed by atoms with E-state index in [-0.39, 0.29) is 5.79 Å². The van der Waals surface area contributed by atoms with Gasteiger partial charge in [-0.1, -0.05) is 52.7 Å². The lowest BCUT2D eigenvalue weighted by Gasteiger charge is -2.32. The van der Waals surface area contributed by atoms with Crippen LogP contribution in [0.5, 0.6) is 0 Å². The first-order valence-corrected chi connectivity index (χ1v) is 8.53. The zero-order valence-electron chi connectivity index (χ0n) is 14.0. The Hall–Kier alpha value is -0.340. The normalized spacial score (nSPS) is 20.1. The van der Waals surface area contributed by atoms with Crippen molar-refractivity contribution in [3.05, 3.63) is 12.2 Å². The van der Waals surface area contributed by atoms with Crippen LogP contribution in [-0.4, -0.2) is 19.0 Å². The topological polar surface area (TPSA) is 18.5 Å². The fourth-order valence-electron chi connectivity index (χ4n) is 2.76. The third-order valence-electron chi connectivity index (χ3n) is 4.32. The summed E-state index contributed by atoms with van der Waals surface area (Å²) in [6, 6.07) is 0. The van der Waals surface area contributed by atoms with Crippen molar-refractivity contribution in [1.82, 2.24) is 0 Å². The number of unbranched alkanes of at least 4 members (excludes halogenated alkanes) is 3. The highest BCUT2D eigenvalue weighted by Crippen LogP contribution is 2.34. The Morgan fingerprint density at radius 1 is 1.05 bits per heavy atom. The van der Waals surface area contributed by atoms with Crippen molar-refractivity contribution in [2.24, 2.45) is 11.8 Å². The van der Waals surface area contributed by atoms with E-state index in [2.05, 4.69) is 39.8 Å². The standard InChI is InChI=1S/C18H34O2/c1-5-6-7-8-9-10-11-17(4)12-13-18(16(2)3)19-14-15-20-18/h9-10,16-17H,5-8,11-15H2,1-4H3/t17-/m0/s1. The number of ether oxygens (including phenoxy) is 2. The molecule has 0 amide bonds. The molecule has 0 bridgehead atoms. The van der Waals surface area contributed by atoms with Gasteiger partial charge in [0.2, 0.25) is 0 Å². The minimum atomic E-state index is -0.306. The molecular weight excluding hydrogens is 248 g/mol. The third-order valence-corrected chi connectivity index (χ3v) is 4.32. The van der Waals surface area contributed by atoms with Gasteiger partial charge in [-0.15, -0.1) is 0 Å². The molecule has 0 unspecified atom stereocenters. The Morgan fingerprint density at radius 2 is 1.75 bits per heavy atom. The number of hydrogen-bond donors (Lipinski definition) is 0. The van der Waals surface area contributed by atoms with E-state index in [0.717, 1.165) is 19.6 Å². The molecule has 1 rings (SSSR count). The lowest BCUT2D eigenvalue weighted by atomic mass is 9.92. The predicted octanol–water partition coefficient (Wildman–Crippen LogP) is 5.33. The Balaban J connectivity index is 2.20. The molecule has 1 heterocycles. The Kier molecular flexibility index (Phi) is 8.47. The minimum Gasteiger partial charge on any atom is -0.347 e. The molecule has 0 saturated carbocycles. The molecule has 0 aliphatic carbocycles. The molecule has 2 heteroatoms. The summed E-state index contributed by atoms with van der Waals surface area (Å²) in [6.07, 6.45) is 13.3. The van der Waals surface area contributed by atoms with Gasteiger partial charge in [0.1, 0.15) is 0 Å². The molecule has 1 aliphatic heterocycles. The van der Waals surface area contributed by atoms with Gasteiger partial charge in [-0.2, -0.15) is 0 Å². The van der Waals surface area contributed by atoms with Crippen molar-refractivity contribution in [3.63, 3.8) is 0 Å². The van der Waals surface area contributed by atoms with Crippen LogP contribution in [0.25, 0.3) is 0 Å². The van der Waals surface area contributed by atoms with E-state index >= 15 is 0 Å². The molecule has 0 radical (unpaired) electrons. The minimum absolute atomic E-state index is 0.306. The van der Waals surface area contributed by atoms with Gasteiger partial charge in [0.15, 0.2) is 5.79 Å². The molecule has 20 heavy (non-hydrogen) atoms. The second-order valence-electron chi connectivity index (χ2n) is 6.51. The van der Waals surface area contributed by atoms with Crippen LogP contribution in [0.15, 0.2) is 12.2 Å². The molecule has 118 valence electrons. The average molecular weight is 282 g/mol. The van der Waals surface area contributed by atoms with E-state index in [0.29, 0.717) is 11.8 Å². The zero-order chi connectivity index (χ0) is 14.8. The summed E-state index contributed by atoms with van der Waals surface area (Å²) in [4.78, 5) is 0. The van der Waals surface area contributed by atoms with E-state index < -0.39 is 0 Å². The molecule has 1 saturated heterocycles. The average Bonchev–Trinajstić information content (AvgIpc) is 2.90. The van der Waals surface area contributed by atoms with Crippen molar-refractivity contribution < 1.29 is 9.47 Å². The van der Waals surface area contributed by atoms with Gasteiger partial charge in [0, 0.05) is 12.3 Å². The SMILES string of the molecule is CCCCCC=CC[C@H](C)CCC1(C(C)C)OCCO1. The maximum atomic E-state index is 5.88. The molecular formula is C18H34O2. The van der Waals surface area contributed by atoms with Gasteiger partial charge in [-0.25, -0.2) is 0 Å². The van der Waals surface area contributed by atoms with Crippen LogP contribution in [-0.2, 0) is 9.47 Å². The van der Waals surface area contributed by atoms with E-state index in [1.807, 2.05) is 0 Å². The molecule has 0 aromatic heterocycles. The second kappa shape index (κ2) is 9.57. The quantitative estimate of drug-likeness (QED) is 0.398. The van der Waals surface area contributed by atoms with Gasteiger partial charge in [-0.3, -0.25) is 0 Å². The summed E-state index contributed by atoms with van der Waals surface area (Å²) in [7, 11) is 0. The van der Waals surface area contributed by atoms with Gasteiger partial charge in [-0.05, 0) is 31.6 Å². The summed E-state index contributed by atoms with van der Waals surface area (Å²) < 4.78 is 11.8. The van der Waals surface area contributed by atoms with Crippen molar-refractivity contribution >= 4 is 0 Å². The summed E-state index contributed by atoms with van der Waals surface area (Å²) in [5.41, 5.74) is 0. The lowest BCUT2D eigenvalue weighted by Crippen LogP contribution is -2.36. The molecule has 0 spiro atoms. The summed E-state index contributed by atoms with van der Waals surface area (Å²) >= 11 is 0. The highest BCUT2D eigenvalue weighted by Gasteiger charge is 2.39. The molecule has 0 aromatic carbocycles. The monoisotopic (exact) mass is 282 g/mol. The van der Waals surface area contributed by atoms with Crippen molar-refractivity contribution in [3.8, 4) is 0 Å². The van der Waals surface area contributed by atoms with Crippen molar-refractivity contribution in [2.75, 3.05) is 13.2 Å². The number of hydrogen-bond acceptors (Lipinski definition) is 2. The fourth-order valence-corrected chi connectivity index (χ4v) is 2.76. The van der Waals surface area contributed by atoms with E-state index in [1.165, 1.54) is 38.5 Å². The highest BCUT2D eigenvalue weighted by molar-refractivity contribution is 4.85. The maximum Gasteiger partial charge on any atom is 0.170 e. The molecule has 0 N–H and O–H groups in total. The van der Waals surface area contributed by atoms with Crippen LogP contribution in [0, 0.1) is 11.8 Å². The van der Waals surface area contributed by atoms with Gasteiger partial charge < -0.3 is 9.47 Å². The van der Waals surface area contributed by atoms with E-state index in [9.17, 15) is 0 Å². The van der Waals surface area contributed by atoms with E-state index in [1.54, 1.807) is 0 Å². The third kappa shape index (κ3) is 5.97. The van der Waals surface area contributed by atoms with Crippen LogP contribution >= 0.6 is 0 Å². The van der Waals surface area contributed by atoms with Crippen LogP contribution in [0.1, 0.15) is 72.6 Å². The Labute approximate surface area is 125 Å². The first kappa shape index (κ1) is 17.7. The fraction of sp³-hybridized carbons (Fsp3) is 0.889. The Morgan fingerprint density at radius 3 is 2.35 bits per heavy atom. The molecule has 0 aromatic rings. The molecule has 2 nitrogen and oxygen atoms in total. The Bertz CT molecular complexity index is 265. The molecule has 1 fully saturated rings.